The average molecular weight is 292 g/mol. The largest absolute Gasteiger partial charge is 0.481 e. The molecular weight excluding hydrogens is 276 g/mol. The molecule has 0 aliphatic carbocycles. The number of hydrogen-bond donors (Lipinski definition) is 1. The van der Waals surface area contributed by atoms with Crippen LogP contribution in [0.15, 0.2) is 24.3 Å². The molecule has 1 aromatic rings. The van der Waals surface area contributed by atoms with E-state index in [1.807, 2.05) is 0 Å². The van der Waals surface area contributed by atoms with Crippen molar-refractivity contribution < 1.29 is 19.6 Å². The molecule has 2 unspecified atom stereocenters. The lowest BCUT2D eigenvalue weighted by atomic mass is 9.99. The van der Waals surface area contributed by atoms with Crippen molar-refractivity contribution in [3.8, 4) is 0 Å². The highest BCUT2D eigenvalue weighted by Gasteiger charge is 2.36. The highest BCUT2D eigenvalue weighted by atomic mass is 16.6. The van der Waals surface area contributed by atoms with Crippen LogP contribution in [0.5, 0.6) is 0 Å². The number of nitro benzene ring substituents is 1. The van der Waals surface area contributed by atoms with E-state index in [4.69, 9.17) is 5.11 Å². The van der Waals surface area contributed by atoms with Gasteiger partial charge in [0, 0.05) is 25.2 Å². The highest BCUT2D eigenvalue weighted by Crippen LogP contribution is 2.24. The van der Waals surface area contributed by atoms with Crippen molar-refractivity contribution in [2.45, 2.75) is 13.3 Å². The molecule has 1 heterocycles. The molecular formula is C14H16N2O5. The van der Waals surface area contributed by atoms with Crippen LogP contribution in [-0.2, 0) is 16.0 Å². The Bertz CT molecular complexity index is 586. The van der Waals surface area contributed by atoms with Crippen molar-refractivity contribution in [3.63, 3.8) is 0 Å². The molecule has 1 aromatic carbocycles. The summed E-state index contributed by atoms with van der Waals surface area (Å²) in [6, 6.07) is 5.92. The van der Waals surface area contributed by atoms with Crippen LogP contribution in [0, 0.1) is 22.0 Å². The molecule has 1 saturated heterocycles. The van der Waals surface area contributed by atoms with Gasteiger partial charge in [0.1, 0.15) is 0 Å². The van der Waals surface area contributed by atoms with Crippen molar-refractivity contribution in [2.75, 3.05) is 13.1 Å². The summed E-state index contributed by atoms with van der Waals surface area (Å²) in [7, 11) is 0. The van der Waals surface area contributed by atoms with E-state index in [0.717, 1.165) is 0 Å². The summed E-state index contributed by atoms with van der Waals surface area (Å²) in [6.07, 6.45) is 0.0424. The van der Waals surface area contributed by atoms with Gasteiger partial charge in [0.25, 0.3) is 5.69 Å². The first-order valence-electron chi connectivity index (χ1n) is 6.62. The molecule has 0 spiro atoms. The molecule has 0 radical (unpaired) electrons. The first-order chi connectivity index (χ1) is 9.88. The van der Waals surface area contributed by atoms with Crippen LogP contribution in [0.1, 0.15) is 12.5 Å². The molecule has 0 bridgehead atoms. The summed E-state index contributed by atoms with van der Waals surface area (Å²) < 4.78 is 0. The van der Waals surface area contributed by atoms with Crippen molar-refractivity contribution in [1.29, 1.82) is 0 Å². The molecule has 2 atom stereocenters. The molecule has 7 heteroatoms. The third-order valence-corrected chi connectivity index (χ3v) is 3.76. The third kappa shape index (κ3) is 3.36. The lowest BCUT2D eigenvalue weighted by Crippen LogP contribution is -2.31. The van der Waals surface area contributed by atoms with Gasteiger partial charge in [-0.15, -0.1) is 0 Å². The zero-order chi connectivity index (χ0) is 15.6. The van der Waals surface area contributed by atoms with E-state index < -0.39 is 16.8 Å². The van der Waals surface area contributed by atoms with Crippen molar-refractivity contribution >= 4 is 17.6 Å². The number of nitro groups is 1. The second kappa shape index (κ2) is 5.90. The minimum absolute atomic E-state index is 0.0424. The Labute approximate surface area is 121 Å². The molecule has 7 nitrogen and oxygen atoms in total. The molecule has 1 aliphatic heterocycles. The van der Waals surface area contributed by atoms with Gasteiger partial charge in [-0.1, -0.05) is 19.1 Å². The molecule has 1 fully saturated rings. The van der Waals surface area contributed by atoms with E-state index >= 15 is 0 Å². The summed E-state index contributed by atoms with van der Waals surface area (Å²) in [5, 5.41) is 19.8. The third-order valence-electron chi connectivity index (χ3n) is 3.76. The predicted molar refractivity (Wildman–Crippen MR) is 73.7 cm³/mol. The van der Waals surface area contributed by atoms with Crippen LogP contribution < -0.4 is 0 Å². The predicted octanol–water partition coefficient (Wildman–Crippen LogP) is 1.32. The van der Waals surface area contributed by atoms with Gasteiger partial charge < -0.3 is 10.0 Å². The topological polar surface area (TPSA) is 101 Å². The number of carboxylic acids is 1. The van der Waals surface area contributed by atoms with E-state index in [2.05, 4.69) is 0 Å². The fourth-order valence-corrected chi connectivity index (χ4v) is 2.56. The molecule has 21 heavy (non-hydrogen) atoms. The van der Waals surface area contributed by atoms with E-state index in [9.17, 15) is 19.7 Å². The Hall–Kier alpha value is -2.44. The highest BCUT2D eigenvalue weighted by molar-refractivity contribution is 5.81. The normalized spacial score (nSPS) is 21.3. The smallest absolute Gasteiger partial charge is 0.308 e. The molecule has 0 saturated carbocycles. The number of carbonyl (C=O) groups excluding carboxylic acids is 1. The Morgan fingerprint density at radius 3 is 2.71 bits per heavy atom. The molecule has 2 rings (SSSR count). The maximum Gasteiger partial charge on any atom is 0.308 e. The van der Waals surface area contributed by atoms with Gasteiger partial charge in [-0.05, 0) is 11.5 Å². The summed E-state index contributed by atoms with van der Waals surface area (Å²) in [5.41, 5.74) is 0.499. The van der Waals surface area contributed by atoms with Crippen LogP contribution >= 0.6 is 0 Å². The maximum absolute atomic E-state index is 12.2. The summed E-state index contributed by atoms with van der Waals surface area (Å²) >= 11 is 0. The Morgan fingerprint density at radius 2 is 2.14 bits per heavy atom. The summed E-state index contributed by atoms with van der Waals surface area (Å²) in [4.78, 5) is 34.9. The second-order valence-corrected chi connectivity index (χ2v) is 5.32. The lowest BCUT2D eigenvalue weighted by molar-refractivity contribution is -0.384. The van der Waals surface area contributed by atoms with Gasteiger partial charge in [-0.2, -0.15) is 0 Å². The zero-order valence-corrected chi connectivity index (χ0v) is 11.6. The number of non-ortho nitro benzene ring substituents is 1. The summed E-state index contributed by atoms with van der Waals surface area (Å²) in [5.74, 6) is -1.73. The Morgan fingerprint density at radius 1 is 1.43 bits per heavy atom. The number of nitrogens with zero attached hydrogens (tertiary/aromatic N) is 2. The minimum atomic E-state index is -0.895. The minimum Gasteiger partial charge on any atom is -0.481 e. The van der Waals surface area contributed by atoms with Gasteiger partial charge in [-0.3, -0.25) is 19.7 Å². The van der Waals surface area contributed by atoms with Crippen LogP contribution in [0.2, 0.25) is 0 Å². The molecule has 1 aliphatic rings. The van der Waals surface area contributed by atoms with Crippen LogP contribution in [0.25, 0.3) is 0 Å². The van der Waals surface area contributed by atoms with E-state index in [-0.39, 0.29) is 30.5 Å². The van der Waals surface area contributed by atoms with Gasteiger partial charge in [0.05, 0.1) is 17.3 Å². The zero-order valence-electron chi connectivity index (χ0n) is 11.6. The van der Waals surface area contributed by atoms with Crippen molar-refractivity contribution in [2.24, 2.45) is 11.8 Å². The number of aliphatic carboxylic acids is 1. The molecule has 1 N–H and O–H groups in total. The Kier molecular flexibility index (Phi) is 4.21. The number of carboxylic acid groups (broad SMARTS) is 1. The monoisotopic (exact) mass is 292 g/mol. The van der Waals surface area contributed by atoms with Crippen LogP contribution in [0.3, 0.4) is 0 Å². The number of benzene rings is 1. The molecule has 112 valence electrons. The first-order valence-corrected chi connectivity index (χ1v) is 6.62. The van der Waals surface area contributed by atoms with Gasteiger partial charge in [-0.25, -0.2) is 0 Å². The Balaban J connectivity index is 2.04. The van der Waals surface area contributed by atoms with Gasteiger partial charge in [0.2, 0.25) is 5.91 Å². The second-order valence-electron chi connectivity index (χ2n) is 5.32. The number of rotatable bonds is 4. The van der Waals surface area contributed by atoms with Crippen LogP contribution in [0.4, 0.5) is 5.69 Å². The van der Waals surface area contributed by atoms with Gasteiger partial charge in [0.15, 0.2) is 0 Å². The number of hydrogen-bond acceptors (Lipinski definition) is 4. The van der Waals surface area contributed by atoms with E-state index in [1.54, 1.807) is 13.0 Å². The number of likely N-dealkylation sites (tertiary alicyclic amines) is 1. The quantitative estimate of drug-likeness (QED) is 0.666. The van der Waals surface area contributed by atoms with Gasteiger partial charge >= 0.3 is 5.97 Å². The molecule has 0 aromatic heterocycles. The number of amides is 1. The maximum atomic E-state index is 12.2. The fourth-order valence-electron chi connectivity index (χ4n) is 2.56. The van der Waals surface area contributed by atoms with Crippen molar-refractivity contribution in [1.82, 2.24) is 4.90 Å². The average Bonchev–Trinajstić information content (AvgIpc) is 2.81. The van der Waals surface area contributed by atoms with Crippen LogP contribution in [-0.4, -0.2) is 39.9 Å². The fraction of sp³-hybridized carbons (Fsp3) is 0.429. The van der Waals surface area contributed by atoms with E-state index in [0.29, 0.717) is 12.1 Å². The lowest BCUT2D eigenvalue weighted by Gasteiger charge is -2.15. The molecule has 1 amide bonds. The number of carbonyl (C=O) groups is 2. The van der Waals surface area contributed by atoms with Crippen molar-refractivity contribution in [3.05, 3.63) is 39.9 Å². The standard InChI is InChI=1S/C14H16N2O5/c1-9-7-15(8-12(9)14(18)19)13(17)6-10-3-2-4-11(5-10)16(20)21/h2-5,9,12H,6-8H2,1H3,(H,18,19). The summed E-state index contributed by atoms with van der Waals surface area (Å²) in [6.45, 7) is 2.41. The van der Waals surface area contributed by atoms with E-state index in [1.165, 1.54) is 23.1 Å². The SMILES string of the molecule is CC1CN(C(=O)Cc2cccc([N+](=O)[O-])c2)CC1C(=O)O. The first kappa shape index (κ1) is 15.0.